The minimum atomic E-state index is -0.712. The molecule has 186 valence electrons. The number of carbonyl (C=O) groups excluding carboxylic acids is 3. The maximum absolute atomic E-state index is 13.3. The summed E-state index contributed by atoms with van der Waals surface area (Å²) in [6, 6.07) is 17.9. The number of amides is 2. The molecule has 2 aromatic rings. The molecule has 2 aliphatic heterocycles. The number of likely N-dealkylation sites (tertiary alicyclic amines) is 1. The molecule has 0 aromatic heterocycles. The van der Waals surface area contributed by atoms with Crippen LogP contribution in [-0.4, -0.2) is 47.0 Å². The number of carbonyl (C=O) groups is 3. The van der Waals surface area contributed by atoms with Crippen molar-refractivity contribution in [2.45, 2.75) is 45.3 Å². The van der Waals surface area contributed by atoms with Crippen molar-refractivity contribution in [3.05, 3.63) is 83.2 Å². The number of nitrogens with one attached hydrogen (secondary N) is 1. The van der Waals surface area contributed by atoms with Crippen molar-refractivity contribution in [2.75, 3.05) is 6.54 Å². The van der Waals surface area contributed by atoms with Crippen LogP contribution >= 0.6 is 0 Å². The summed E-state index contributed by atoms with van der Waals surface area (Å²) in [5.74, 6) is -1.03. The Kier molecular flexibility index (Phi) is 7.33. The van der Waals surface area contributed by atoms with Crippen LogP contribution in [0.5, 0.6) is 0 Å². The molecular weight excluding hydrogens is 458 g/mol. The number of esters is 1. The Labute approximate surface area is 210 Å². The summed E-state index contributed by atoms with van der Waals surface area (Å²) in [5, 5.41) is 2.84. The number of hydrogen-bond donors (Lipinski definition) is 1. The Balaban J connectivity index is 1.60. The first kappa shape index (κ1) is 24.9. The fraction of sp³-hybridized carbons (Fsp3) is 0.286. The van der Waals surface area contributed by atoms with Crippen LogP contribution in [0.15, 0.2) is 77.1 Å². The predicted molar refractivity (Wildman–Crippen MR) is 136 cm³/mol. The van der Waals surface area contributed by atoms with Crippen molar-refractivity contribution >= 4 is 36.0 Å². The van der Waals surface area contributed by atoms with E-state index in [0.717, 1.165) is 11.1 Å². The average Bonchev–Trinajstić information content (AvgIpc) is 3.46. The highest BCUT2D eigenvalue weighted by molar-refractivity contribution is 6.15. The molecule has 0 bridgehead atoms. The molecule has 1 fully saturated rings. The minimum Gasteiger partial charge on any atom is -0.444 e. The maximum atomic E-state index is 13.3. The van der Waals surface area contributed by atoms with Crippen molar-refractivity contribution in [1.29, 1.82) is 0 Å². The zero-order chi connectivity index (χ0) is 25.7. The van der Waals surface area contributed by atoms with Gasteiger partial charge in [0.25, 0.3) is 0 Å². The molecular formula is C28H29N3O5. The molecule has 8 heteroatoms. The molecule has 2 heterocycles. The lowest BCUT2D eigenvalue weighted by Crippen LogP contribution is -2.47. The van der Waals surface area contributed by atoms with E-state index >= 15 is 0 Å². The van der Waals surface area contributed by atoms with Gasteiger partial charge in [-0.15, -0.1) is 0 Å². The largest absolute Gasteiger partial charge is 0.444 e. The van der Waals surface area contributed by atoms with Gasteiger partial charge in [0.2, 0.25) is 11.8 Å². The molecule has 2 aliphatic rings. The summed E-state index contributed by atoms with van der Waals surface area (Å²) in [6.45, 7) is 5.77. The van der Waals surface area contributed by atoms with Crippen LogP contribution in [0.25, 0.3) is 12.2 Å². The first-order valence-corrected chi connectivity index (χ1v) is 11.8. The lowest BCUT2D eigenvalue weighted by molar-refractivity contribution is -0.130. The van der Waals surface area contributed by atoms with Gasteiger partial charge in [-0.3, -0.25) is 9.69 Å². The van der Waals surface area contributed by atoms with Crippen LogP contribution in [0.3, 0.4) is 0 Å². The highest BCUT2D eigenvalue weighted by atomic mass is 16.6. The maximum Gasteiger partial charge on any atom is 0.410 e. The predicted octanol–water partition coefficient (Wildman–Crippen LogP) is 4.54. The molecule has 0 unspecified atom stereocenters. The zero-order valence-corrected chi connectivity index (χ0v) is 20.6. The second kappa shape index (κ2) is 10.6. The average molecular weight is 488 g/mol. The topological polar surface area (TPSA) is 97.3 Å². The standard InChI is InChI=1S/C28H29N3O5/c1-28(2,3)36-27(34)31-16-10-15-23(31)24(32)29-21(17-19-11-6-4-7-12-19)25-30-22(26(33)35-25)18-20-13-8-5-9-14-20/h4-9,11-14,17-18,23H,10,15-16H2,1-3H3,(H,29,32)/b21-17-,22-18-/t23-/m0/s1. The van der Waals surface area contributed by atoms with Crippen molar-refractivity contribution in [3.63, 3.8) is 0 Å². The number of nitrogens with zero attached hydrogens (tertiary/aromatic N) is 2. The van der Waals surface area contributed by atoms with Crippen molar-refractivity contribution < 1.29 is 23.9 Å². The Bertz CT molecular complexity index is 1230. The molecule has 4 rings (SSSR count). The first-order chi connectivity index (χ1) is 17.2. The van der Waals surface area contributed by atoms with Crippen LogP contribution in [0.1, 0.15) is 44.7 Å². The SMILES string of the molecule is CC(C)(C)OC(=O)N1CCC[C@H]1C(=O)N/C(=C\c1ccccc1)C1=N/C(=C\c2ccccc2)C(=O)O1. The third-order valence-corrected chi connectivity index (χ3v) is 5.51. The van der Waals surface area contributed by atoms with Gasteiger partial charge in [-0.1, -0.05) is 60.7 Å². The van der Waals surface area contributed by atoms with E-state index in [0.29, 0.717) is 19.4 Å². The highest BCUT2D eigenvalue weighted by Gasteiger charge is 2.38. The van der Waals surface area contributed by atoms with E-state index in [1.807, 2.05) is 60.7 Å². The van der Waals surface area contributed by atoms with Crippen LogP contribution in [0.2, 0.25) is 0 Å². The summed E-state index contributed by atoms with van der Waals surface area (Å²) < 4.78 is 10.9. The van der Waals surface area contributed by atoms with E-state index in [4.69, 9.17) is 9.47 Å². The van der Waals surface area contributed by atoms with Crippen molar-refractivity contribution in [2.24, 2.45) is 4.99 Å². The number of aliphatic imine (C=N–C) groups is 1. The summed E-state index contributed by atoms with van der Waals surface area (Å²) in [5.41, 5.74) is 1.26. The second-order valence-electron chi connectivity index (χ2n) is 9.54. The lowest BCUT2D eigenvalue weighted by atomic mass is 10.1. The van der Waals surface area contributed by atoms with E-state index in [-0.39, 0.29) is 17.3 Å². The molecule has 2 amide bonds. The molecule has 1 N–H and O–H groups in total. The van der Waals surface area contributed by atoms with Gasteiger partial charge in [-0.2, -0.15) is 0 Å². The van der Waals surface area contributed by atoms with Gasteiger partial charge in [0.05, 0.1) is 0 Å². The quantitative estimate of drug-likeness (QED) is 0.493. The third-order valence-electron chi connectivity index (χ3n) is 5.51. The van der Waals surface area contributed by atoms with Crippen LogP contribution < -0.4 is 5.32 Å². The fourth-order valence-corrected chi connectivity index (χ4v) is 3.89. The zero-order valence-electron chi connectivity index (χ0n) is 20.6. The highest BCUT2D eigenvalue weighted by Crippen LogP contribution is 2.23. The minimum absolute atomic E-state index is 0.0128. The third kappa shape index (κ3) is 6.27. The van der Waals surface area contributed by atoms with Gasteiger partial charge >= 0.3 is 12.1 Å². The normalized spacial score (nSPS) is 19.2. The molecule has 8 nitrogen and oxygen atoms in total. The smallest absolute Gasteiger partial charge is 0.410 e. The molecule has 1 atom stereocenters. The Hall–Kier alpha value is -4.20. The summed E-state index contributed by atoms with van der Waals surface area (Å²) in [4.78, 5) is 44.3. The number of cyclic esters (lactones) is 1. The first-order valence-electron chi connectivity index (χ1n) is 11.8. The number of rotatable bonds is 5. The van der Waals surface area contributed by atoms with Crippen LogP contribution in [0.4, 0.5) is 4.79 Å². The molecule has 2 aromatic carbocycles. The van der Waals surface area contributed by atoms with Gasteiger partial charge in [0, 0.05) is 6.54 Å². The van der Waals surface area contributed by atoms with E-state index < -0.39 is 29.6 Å². The molecule has 0 spiro atoms. The number of benzene rings is 2. The van der Waals surface area contributed by atoms with Gasteiger partial charge in [-0.25, -0.2) is 14.6 Å². The molecule has 0 saturated carbocycles. The van der Waals surface area contributed by atoms with Gasteiger partial charge < -0.3 is 14.8 Å². The second-order valence-corrected chi connectivity index (χ2v) is 9.54. The van der Waals surface area contributed by atoms with Crippen LogP contribution in [0, 0.1) is 0 Å². The van der Waals surface area contributed by atoms with E-state index in [9.17, 15) is 14.4 Å². The lowest BCUT2D eigenvalue weighted by Gasteiger charge is -2.28. The fourth-order valence-electron chi connectivity index (χ4n) is 3.89. The van der Waals surface area contributed by atoms with Gasteiger partial charge in [0.15, 0.2) is 5.70 Å². The van der Waals surface area contributed by atoms with Crippen molar-refractivity contribution in [3.8, 4) is 0 Å². The summed E-state index contributed by atoms with van der Waals surface area (Å²) >= 11 is 0. The Morgan fingerprint density at radius 3 is 2.33 bits per heavy atom. The molecule has 36 heavy (non-hydrogen) atoms. The molecule has 0 radical (unpaired) electrons. The summed E-state index contributed by atoms with van der Waals surface area (Å²) in [6.07, 6.45) is 3.94. The van der Waals surface area contributed by atoms with Crippen molar-refractivity contribution in [1.82, 2.24) is 10.2 Å². The summed E-state index contributed by atoms with van der Waals surface area (Å²) in [7, 11) is 0. The Morgan fingerprint density at radius 1 is 1.06 bits per heavy atom. The van der Waals surface area contributed by atoms with Gasteiger partial charge in [-0.05, 0) is 56.9 Å². The van der Waals surface area contributed by atoms with E-state index in [1.54, 1.807) is 32.9 Å². The number of hydrogen-bond acceptors (Lipinski definition) is 6. The van der Waals surface area contributed by atoms with Gasteiger partial charge in [0.1, 0.15) is 17.3 Å². The Morgan fingerprint density at radius 2 is 1.69 bits per heavy atom. The molecule has 0 aliphatic carbocycles. The van der Waals surface area contributed by atoms with Crippen LogP contribution in [-0.2, 0) is 19.1 Å². The van der Waals surface area contributed by atoms with E-state index in [1.165, 1.54) is 4.90 Å². The monoisotopic (exact) mass is 487 g/mol. The molecule has 1 saturated heterocycles. The van der Waals surface area contributed by atoms with E-state index in [2.05, 4.69) is 10.3 Å². The number of ether oxygens (including phenoxy) is 2.